The molecule has 4 heteroatoms. The lowest BCUT2D eigenvalue weighted by atomic mass is 10.0. The first-order chi connectivity index (χ1) is 25.8. The Kier molecular flexibility index (Phi) is 7.10. The largest absolute Gasteiger partial charge is 0.454 e. The van der Waals surface area contributed by atoms with E-state index in [4.69, 9.17) is 8.83 Å². The Morgan fingerprint density at radius 1 is 0.288 bits per heavy atom. The van der Waals surface area contributed by atoms with Crippen molar-refractivity contribution in [3.8, 4) is 11.1 Å². The van der Waals surface area contributed by atoms with E-state index in [1.54, 1.807) is 0 Å². The normalized spacial score (nSPS) is 11.5. The van der Waals surface area contributed by atoms with Crippen molar-refractivity contribution in [1.82, 2.24) is 0 Å². The highest BCUT2D eigenvalue weighted by Gasteiger charge is 2.21. The molecule has 0 atom stereocenters. The van der Waals surface area contributed by atoms with Gasteiger partial charge in [-0.2, -0.15) is 0 Å². The molecular weight excluding hydrogens is 637 g/mol. The summed E-state index contributed by atoms with van der Waals surface area (Å²) in [6, 6.07) is 67.8. The summed E-state index contributed by atoms with van der Waals surface area (Å²) in [7, 11) is 0. The van der Waals surface area contributed by atoms with Gasteiger partial charge in [-0.05, 0) is 83.9 Å². The second-order valence-electron chi connectivity index (χ2n) is 12.9. The van der Waals surface area contributed by atoms with Crippen LogP contribution in [0.4, 0.5) is 34.1 Å². The van der Waals surface area contributed by atoms with Gasteiger partial charge < -0.3 is 18.6 Å². The van der Waals surface area contributed by atoms with Crippen LogP contribution in [0, 0.1) is 0 Å². The molecule has 0 amide bonds. The van der Waals surface area contributed by atoms with Gasteiger partial charge in [0.2, 0.25) is 0 Å². The average Bonchev–Trinajstić information content (AvgIpc) is 3.79. The first-order valence-electron chi connectivity index (χ1n) is 17.5. The molecule has 52 heavy (non-hydrogen) atoms. The van der Waals surface area contributed by atoms with Gasteiger partial charge in [-0.3, -0.25) is 0 Å². The highest BCUT2D eigenvalue weighted by Crippen LogP contribution is 2.45. The number of benzene rings is 8. The molecule has 0 radical (unpaired) electrons. The second-order valence-corrected chi connectivity index (χ2v) is 12.9. The van der Waals surface area contributed by atoms with E-state index in [1.807, 2.05) is 24.3 Å². The van der Waals surface area contributed by atoms with E-state index in [-0.39, 0.29) is 0 Å². The maximum atomic E-state index is 6.54. The van der Waals surface area contributed by atoms with E-state index in [0.29, 0.717) is 0 Å². The van der Waals surface area contributed by atoms with E-state index in [1.165, 1.54) is 0 Å². The van der Waals surface area contributed by atoms with Gasteiger partial charge in [0.05, 0.1) is 11.4 Å². The molecule has 246 valence electrons. The van der Waals surface area contributed by atoms with Crippen LogP contribution in [0.1, 0.15) is 0 Å². The van der Waals surface area contributed by atoms with Crippen LogP contribution in [-0.4, -0.2) is 0 Å². The van der Waals surface area contributed by atoms with E-state index < -0.39 is 0 Å². The third-order valence-corrected chi connectivity index (χ3v) is 9.82. The number of hydrogen-bond acceptors (Lipinski definition) is 4. The fraction of sp³-hybridized carbons (Fsp3) is 0. The molecule has 2 heterocycles. The molecule has 8 aromatic carbocycles. The Bertz CT molecular complexity index is 2670. The van der Waals surface area contributed by atoms with Crippen LogP contribution < -0.4 is 9.80 Å². The summed E-state index contributed by atoms with van der Waals surface area (Å²) in [6.07, 6.45) is 0. The topological polar surface area (TPSA) is 32.8 Å². The van der Waals surface area contributed by atoms with Crippen molar-refractivity contribution in [2.75, 3.05) is 9.80 Å². The number of hydrogen-bond donors (Lipinski definition) is 0. The van der Waals surface area contributed by atoms with Crippen molar-refractivity contribution in [2.45, 2.75) is 0 Å². The van der Waals surface area contributed by atoms with Crippen molar-refractivity contribution < 1.29 is 8.83 Å². The van der Waals surface area contributed by atoms with Gasteiger partial charge >= 0.3 is 0 Å². The lowest BCUT2D eigenvalue weighted by molar-refractivity contribution is 0.668. The number of rotatable bonds is 7. The molecule has 0 saturated heterocycles. The molecule has 0 aliphatic heterocycles. The predicted molar refractivity (Wildman–Crippen MR) is 216 cm³/mol. The first kappa shape index (κ1) is 29.8. The van der Waals surface area contributed by atoms with Crippen molar-refractivity contribution in [2.24, 2.45) is 0 Å². The summed E-state index contributed by atoms with van der Waals surface area (Å²) < 4.78 is 13.1. The first-order valence-corrected chi connectivity index (χ1v) is 17.5. The molecule has 0 aliphatic carbocycles. The zero-order valence-corrected chi connectivity index (χ0v) is 28.2. The van der Waals surface area contributed by atoms with Crippen molar-refractivity contribution in [1.29, 1.82) is 0 Å². The monoisotopic (exact) mass is 668 g/mol. The highest BCUT2D eigenvalue weighted by molar-refractivity contribution is 6.11. The Morgan fingerprint density at radius 2 is 0.654 bits per heavy atom. The molecule has 0 unspecified atom stereocenters. The van der Waals surface area contributed by atoms with Crippen LogP contribution >= 0.6 is 0 Å². The SMILES string of the molecule is c1ccc(N(c2cccc(-c3cccc(N(c4ccccc4)c4cccc5c4oc4ccccc45)c3)c2)c2cccc3c2oc2ccccc23)cc1. The number of para-hydroxylation sites is 6. The molecule has 0 fully saturated rings. The van der Waals surface area contributed by atoms with E-state index in [2.05, 4.69) is 180 Å². The summed E-state index contributed by atoms with van der Waals surface area (Å²) in [6.45, 7) is 0. The van der Waals surface area contributed by atoms with Gasteiger partial charge in [-0.15, -0.1) is 0 Å². The number of nitrogens with zero attached hydrogens (tertiary/aromatic N) is 2. The maximum Gasteiger partial charge on any atom is 0.159 e. The van der Waals surface area contributed by atoms with E-state index in [0.717, 1.165) is 89.1 Å². The van der Waals surface area contributed by atoms with Gasteiger partial charge in [0.25, 0.3) is 0 Å². The minimum atomic E-state index is 0.859. The zero-order valence-electron chi connectivity index (χ0n) is 28.2. The van der Waals surface area contributed by atoms with Gasteiger partial charge in [-0.25, -0.2) is 0 Å². The van der Waals surface area contributed by atoms with E-state index in [9.17, 15) is 0 Å². The van der Waals surface area contributed by atoms with Crippen LogP contribution in [-0.2, 0) is 0 Å². The van der Waals surface area contributed by atoms with Gasteiger partial charge in [0, 0.05) is 44.3 Å². The molecular formula is C48H32N2O2. The molecule has 0 N–H and O–H groups in total. The van der Waals surface area contributed by atoms with Crippen LogP contribution in [0.3, 0.4) is 0 Å². The second kappa shape index (κ2) is 12.4. The molecule has 0 saturated carbocycles. The Labute approximate surface area is 301 Å². The zero-order chi connectivity index (χ0) is 34.4. The molecule has 10 rings (SSSR count). The molecule has 0 bridgehead atoms. The van der Waals surface area contributed by atoms with Gasteiger partial charge in [0.1, 0.15) is 11.2 Å². The molecule has 10 aromatic rings. The third-order valence-electron chi connectivity index (χ3n) is 9.82. The Balaban J connectivity index is 1.12. The van der Waals surface area contributed by atoms with Crippen molar-refractivity contribution in [3.05, 3.63) is 194 Å². The van der Waals surface area contributed by atoms with Crippen LogP contribution in [0.15, 0.2) is 203 Å². The lowest BCUT2D eigenvalue weighted by Gasteiger charge is -2.27. The molecule has 0 spiro atoms. The minimum absolute atomic E-state index is 0.859. The Morgan fingerprint density at radius 3 is 1.12 bits per heavy atom. The number of fused-ring (bicyclic) bond motifs is 6. The van der Waals surface area contributed by atoms with Crippen LogP contribution in [0.2, 0.25) is 0 Å². The Hall–Kier alpha value is -7.04. The molecule has 4 nitrogen and oxygen atoms in total. The quantitative estimate of drug-likeness (QED) is 0.169. The van der Waals surface area contributed by atoms with Gasteiger partial charge in [-0.1, -0.05) is 121 Å². The van der Waals surface area contributed by atoms with E-state index >= 15 is 0 Å². The predicted octanol–water partition coefficient (Wildman–Crippen LogP) is 14.1. The lowest BCUT2D eigenvalue weighted by Crippen LogP contribution is -2.10. The summed E-state index contributed by atoms with van der Waals surface area (Å²) in [5.41, 5.74) is 11.8. The van der Waals surface area contributed by atoms with Crippen LogP contribution in [0.25, 0.3) is 55.0 Å². The van der Waals surface area contributed by atoms with Crippen molar-refractivity contribution >= 4 is 78.0 Å². The minimum Gasteiger partial charge on any atom is -0.454 e. The summed E-state index contributed by atoms with van der Waals surface area (Å²) >= 11 is 0. The van der Waals surface area contributed by atoms with Gasteiger partial charge in [0.15, 0.2) is 11.2 Å². The fourth-order valence-corrected chi connectivity index (χ4v) is 7.47. The maximum absolute atomic E-state index is 6.54. The highest BCUT2D eigenvalue weighted by atomic mass is 16.3. The fourth-order valence-electron chi connectivity index (χ4n) is 7.47. The van der Waals surface area contributed by atoms with Crippen LogP contribution in [0.5, 0.6) is 0 Å². The smallest absolute Gasteiger partial charge is 0.159 e. The molecule has 2 aromatic heterocycles. The molecule has 0 aliphatic rings. The average molecular weight is 669 g/mol. The summed E-state index contributed by atoms with van der Waals surface area (Å²) in [4.78, 5) is 4.58. The third kappa shape index (κ3) is 5.00. The number of anilines is 6. The summed E-state index contributed by atoms with van der Waals surface area (Å²) in [5.74, 6) is 0. The standard InChI is InChI=1S/C48H32N2O2/c1-3-17-35(18-4-1)49(43-27-13-25-41-39-23-7-9-29-45(39)51-47(41)43)37-21-11-15-33(31-37)34-16-12-22-38(32-34)50(36-19-5-2-6-20-36)44-28-14-26-42-40-24-8-10-30-46(40)52-48(42)44/h1-32H. The van der Waals surface area contributed by atoms with Crippen molar-refractivity contribution in [3.63, 3.8) is 0 Å². The summed E-state index contributed by atoms with van der Waals surface area (Å²) in [5, 5.41) is 4.41. The number of furan rings is 2.